The average molecular weight is 179 g/mol. The maximum Gasteiger partial charge on any atom is 0.224 e. The molecule has 0 saturated heterocycles. The minimum Gasteiger partial charge on any atom is -0.369 e. The third-order valence-electron chi connectivity index (χ3n) is 3.92. The van der Waals surface area contributed by atoms with E-state index in [9.17, 15) is 4.79 Å². The number of primary amides is 1. The zero-order valence-corrected chi connectivity index (χ0v) is 8.29. The summed E-state index contributed by atoms with van der Waals surface area (Å²) in [6.45, 7) is 4.22. The summed E-state index contributed by atoms with van der Waals surface area (Å²) in [6, 6.07) is 0. The molecule has 0 aliphatic heterocycles. The summed E-state index contributed by atoms with van der Waals surface area (Å²) in [6.07, 6.45) is 6.55. The molecule has 0 aromatic heterocycles. The van der Waals surface area contributed by atoms with E-state index in [0.29, 0.717) is 17.8 Å². The van der Waals surface area contributed by atoms with Crippen LogP contribution in [0.25, 0.3) is 0 Å². The van der Waals surface area contributed by atoms with Gasteiger partial charge in [-0.3, -0.25) is 4.79 Å². The molecule has 2 rings (SSSR count). The second kappa shape index (κ2) is 2.60. The largest absolute Gasteiger partial charge is 0.369 e. The van der Waals surface area contributed by atoms with Crippen LogP contribution >= 0.6 is 0 Å². The van der Waals surface area contributed by atoms with Crippen LogP contribution in [0.5, 0.6) is 0 Å². The van der Waals surface area contributed by atoms with E-state index in [1.165, 1.54) is 0 Å². The molecule has 1 amide bonds. The molecule has 2 nitrogen and oxygen atoms in total. The van der Waals surface area contributed by atoms with Crippen molar-refractivity contribution < 1.29 is 4.79 Å². The number of carbonyl (C=O) groups is 1. The Morgan fingerprint density at radius 2 is 2.23 bits per heavy atom. The van der Waals surface area contributed by atoms with E-state index in [1.807, 2.05) is 0 Å². The Morgan fingerprint density at radius 1 is 1.54 bits per heavy atom. The molecule has 0 spiro atoms. The van der Waals surface area contributed by atoms with Gasteiger partial charge < -0.3 is 5.73 Å². The first-order chi connectivity index (χ1) is 6.07. The highest BCUT2D eigenvalue weighted by Crippen LogP contribution is 2.55. The van der Waals surface area contributed by atoms with Crippen molar-refractivity contribution in [2.75, 3.05) is 0 Å². The lowest BCUT2D eigenvalue weighted by Crippen LogP contribution is -2.44. The van der Waals surface area contributed by atoms with Crippen molar-refractivity contribution in [3.05, 3.63) is 12.2 Å². The van der Waals surface area contributed by atoms with Crippen molar-refractivity contribution in [1.29, 1.82) is 0 Å². The number of fused-ring (bicyclic) bond motifs is 2. The maximum atomic E-state index is 11.5. The molecule has 0 aromatic carbocycles. The van der Waals surface area contributed by atoms with Crippen LogP contribution in [0.1, 0.15) is 26.7 Å². The van der Waals surface area contributed by atoms with Crippen LogP contribution in [0.4, 0.5) is 0 Å². The second-order valence-electron chi connectivity index (χ2n) is 4.75. The van der Waals surface area contributed by atoms with Crippen molar-refractivity contribution in [1.82, 2.24) is 0 Å². The third-order valence-corrected chi connectivity index (χ3v) is 3.92. The van der Waals surface area contributed by atoms with Gasteiger partial charge >= 0.3 is 0 Å². The van der Waals surface area contributed by atoms with Crippen molar-refractivity contribution >= 4 is 5.91 Å². The van der Waals surface area contributed by atoms with E-state index in [-0.39, 0.29) is 11.3 Å². The zero-order valence-electron chi connectivity index (χ0n) is 8.29. The Labute approximate surface area is 79.2 Å². The van der Waals surface area contributed by atoms with Gasteiger partial charge in [-0.2, -0.15) is 0 Å². The number of allylic oxidation sites excluding steroid dienone is 2. The van der Waals surface area contributed by atoms with E-state index in [0.717, 1.165) is 12.8 Å². The third kappa shape index (κ3) is 0.976. The Balaban J connectivity index is 2.36. The van der Waals surface area contributed by atoms with Crippen LogP contribution in [-0.2, 0) is 4.79 Å². The monoisotopic (exact) mass is 179 g/mol. The van der Waals surface area contributed by atoms with E-state index < -0.39 is 0 Å². The molecule has 0 aromatic rings. The Kier molecular flexibility index (Phi) is 1.76. The number of hydrogen-bond donors (Lipinski definition) is 1. The van der Waals surface area contributed by atoms with E-state index in [1.54, 1.807) is 0 Å². The van der Waals surface area contributed by atoms with Crippen molar-refractivity contribution in [3.63, 3.8) is 0 Å². The molecule has 13 heavy (non-hydrogen) atoms. The first-order valence-corrected chi connectivity index (χ1v) is 5.05. The predicted molar refractivity (Wildman–Crippen MR) is 51.8 cm³/mol. The van der Waals surface area contributed by atoms with Gasteiger partial charge in [0.15, 0.2) is 0 Å². The highest BCUT2D eigenvalue weighted by atomic mass is 16.1. The lowest BCUT2D eigenvalue weighted by Gasteiger charge is -2.36. The number of nitrogens with two attached hydrogens (primary N) is 1. The first kappa shape index (κ1) is 8.79. The normalized spacial score (nSPS) is 41.8. The minimum atomic E-state index is -0.237. The van der Waals surface area contributed by atoms with Gasteiger partial charge in [-0.15, -0.1) is 0 Å². The van der Waals surface area contributed by atoms with Gasteiger partial charge in [0.2, 0.25) is 5.91 Å². The van der Waals surface area contributed by atoms with Crippen LogP contribution in [-0.4, -0.2) is 5.91 Å². The molecule has 0 heterocycles. The van der Waals surface area contributed by atoms with Gasteiger partial charge in [-0.05, 0) is 30.6 Å². The molecule has 1 fully saturated rings. The molecule has 3 atom stereocenters. The summed E-state index contributed by atoms with van der Waals surface area (Å²) < 4.78 is 0. The Morgan fingerprint density at radius 3 is 2.46 bits per heavy atom. The van der Waals surface area contributed by atoms with Crippen LogP contribution < -0.4 is 5.73 Å². The summed E-state index contributed by atoms with van der Waals surface area (Å²) >= 11 is 0. The molecule has 2 aliphatic carbocycles. The average Bonchev–Trinajstić information content (AvgIpc) is 2.61. The lowest BCUT2D eigenvalue weighted by molar-refractivity contribution is -0.132. The molecule has 2 N–H and O–H groups in total. The molecular weight excluding hydrogens is 162 g/mol. The summed E-state index contributed by atoms with van der Waals surface area (Å²) in [5.41, 5.74) is 5.31. The number of amides is 1. The molecule has 0 unspecified atom stereocenters. The lowest BCUT2D eigenvalue weighted by atomic mass is 9.67. The van der Waals surface area contributed by atoms with E-state index in [4.69, 9.17) is 5.73 Å². The van der Waals surface area contributed by atoms with Gasteiger partial charge in [0.05, 0.1) is 5.41 Å². The number of carbonyl (C=O) groups excluding carboxylic acids is 1. The highest BCUT2D eigenvalue weighted by Gasteiger charge is 2.53. The molecule has 0 radical (unpaired) electrons. The summed E-state index contributed by atoms with van der Waals surface area (Å²) in [5.74, 6) is 1.29. The van der Waals surface area contributed by atoms with Crippen molar-refractivity contribution in [3.8, 4) is 0 Å². The molecular formula is C11H17NO. The van der Waals surface area contributed by atoms with Crippen LogP contribution in [0, 0.1) is 23.2 Å². The Bertz CT molecular complexity index is 269. The fraction of sp³-hybridized carbons (Fsp3) is 0.727. The summed E-state index contributed by atoms with van der Waals surface area (Å²) in [7, 11) is 0. The molecule has 2 aliphatic rings. The summed E-state index contributed by atoms with van der Waals surface area (Å²) in [4.78, 5) is 11.5. The summed E-state index contributed by atoms with van der Waals surface area (Å²) in [5, 5.41) is 0. The standard InChI is InChI=1S/C11H17NO/c1-7(2)11(10(12)13)6-8-3-4-9(11)5-8/h3-4,7-9H,5-6H2,1-2H3,(H2,12,13)/t8-,9+,11+/m0/s1. The topological polar surface area (TPSA) is 43.1 Å². The number of hydrogen-bond acceptors (Lipinski definition) is 1. The van der Waals surface area contributed by atoms with Gasteiger partial charge in [0.25, 0.3) is 0 Å². The molecule has 2 bridgehead atoms. The Hall–Kier alpha value is -0.790. The van der Waals surface area contributed by atoms with Gasteiger partial charge in [0.1, 0.15) is 0 Å². The maximum absolute atomic E-state index is 11.5. The van der Waals surface area contributed by atoms with Crippen LogP contribution in [0.2, 0.25) is 0 Å². The van der Waals surface area contributed by atoms with Gasteiger partial charge in [-0.25, -0.2) is 0 Å². The molecule has 72 valence electrons. The van der Waals surface area contributed by atoms with E-state index >= 15 is 0 Å². The first-order valence-electron chi connectivity index (χ1n) is 5.05. The fourth-order valence-electron chi connectivity index (χ4n) is 3.12. The van der Waals surface area contributed by atoms with Gasteiger partial charge in [-0.1, -0.05) is 26.0 Å². The SMILES string of the molecule is CC(C)[C@]1(C(N)=O)C[C@H]2C=C[C@@H]1C2. The van der Waals surface area contributed by atoms with Gasteiger partial charge in [0, 0.05) is 0 Å². The fourth-order valence-corrected chi connectivity index (χ4v) is 3.12. The van der Waals surface area contributed by atoms with Crippen LogP contribution in [0.3, 0.4) is 0 Å². The van der Waals surface area contributed by atoms with Crippen LogP contribution in [0.15, 0.2) is 12.2 Å². The molecule has 1 saturated carbocycles. The number of rotatable bonds is 2. The highest BCUT2D eigenvalue weighted by molar-refractivity contribution is 5.82. The quantitative estimate of drug-likeness (QED) is 0.644. The van der Waals surface area contributed by atoms with Crippen molar-refractivity contribution in [2.24, 2.45) is 28.9 Å². The van der Waals surface area contributed by atoms with E-state index in [2.05, 4.69) is 26.0 Å². The van der Waals surface area contributed by atoms with Crippen molar-refractivity contribution in [2.45, 2.75) is 26.7 Å². The zero-order chi connectivity index (χ0) is 9.64. The predicted octanol–water partition coefficient (Wildman–Crippen LogP) is 1.71. The second-order valence-corrected chi connectivity index (χ2v) is 4.75. The minimum absolute atomic E-state index is 0.0978. The smallest absolute Gasteiger partial charge is 0.224 e. The molecule has 2 heteroatoms.